The van der Waals surface area contributed by atoms with Crippen molar-refractivity contribution in [1.82, 2.24) is 5.32 Å². The Morgan fingerprint density at radius 2 is 1.47 bits per heavy atom. The molecule has 0 heterocycles. The number of hydrogen-bond donors (Lipinski definition) is 2. The molecule has 3 N–H and O–H groups in total. The number of ether oxygens (including phenoxy) is 1. The highest BCUT2D eigenvalue weighted by molar-refractivity contribution is 6.08. The van der Waals surface area contributed by atoms with E-state index >= 15 is 0 Å². The lowest BCUT2D eigenvalue weighted by Crippen LogP contribution is -2.45. The molecule has 160 valence electrons. The first-order chi connectivity index (χ1) is 15.6. The summed E-state index contributed by atoms with van der Waals surface area (Å²) in [5.74, 6) is -0.176. The normalized spacial score (nSPS) is 11.6. The predicted octanol–water partition coefficient (Wildman–Crippen LogP) is 4.25. The molecule has 0 spiro atoms. The van der Waals surface area contributed by atoms with Crippen LogP contribution in [0.5, 0.6) is 5.75 Å². The van der Waals surface area contributed by atoms with Gasteiger partial charge in [-0.25, -0.2) is 0 Å². The number of fused-ring (bicyclic) bond motifs is 1. The van der Waals surface area contributed by atoms with Gasteiger partial charge in [-0.1, -0.05) is 78.9 Å². The number of hydrogen-bond acceptors (Lipinski definition) is 3. The van der Waals surface area contributed by atoms with Crippen molar-refractivity contribution in [2.24, 2.45) is 5.73 Å². The van der Waals surface area contributed by atoms with Gasteiger partial charge in [0.25, 0.3) is 5.91 Å². The Balaban J connectivity index is 1.42. The standard InChI is InChI=1S/C27H24N2O3/c28-26(30)25(29-27(31)24-12-6-10-21-9-4-5-11-23(21)24)17-19-13-15-22(16-14-19)32-18-20-7-2-1-3-8-20/h1-16,25H,17-18H2,(H2,28,30)(H,29,31)/t25-/m0/s1. The number of amides is 2. The van der Waals surface area contributed by atoms with Crippen LogP contribution in [0.25, 0.3) is 10.8 Å². The van der Waals surface area contributed by atoms with Crippen LogP contribution in [0.3, 0.4) is 0 Å². The first-order valence-corrected chi connectivity index (χ1v) is 10.4. The number of benzene rings is 4. The Morgan fingerprint density at radius 3 is 2.22 bits per heavy atom. The average Bonchev–Trinajstić information content (AvgIpc) is 2.83. The molecule has 0 fully saturated rings. The van der Waals surface area contributed by atoms with Crippen molar-refractivity contribution in [3.8, 4) is 5.75 Å². The van der Waals surface area contributed by atoms with E-state index < -0.39 is 11.9 Å². The second-order valence-electron chi connectivity index (χ2n) is 7.58. The Kier molecular flexibility index (Phi) is 6.46. The summed E-state index contributed by atoms with van der Waals surface area (Å²) in [6, 6.07) is 29.7. The molecule has 0 bridgehead atoms. The van der Waals surface area contributed by atoms with Gasteiger partial charge in [0.15, 0.2) is 0 Å². The summed E-state index contributed by atoms with van der Waals surface area (Å²) in [7, 11) is 0. The maximum absolute atomic E-state index is 12.9. The summed E-state index contributed by atoms with van der Waals surface area (Å²) in [6.45, 7) is 0.477. The minimum absolute atomic E-state index is 0.296. The molecular formula is C27H24N2O3. The third kappa shape index (κ3) is 5.13. The van der Waals surface area contributed by atoms with Gasteiger partial charge in [0.2, 0.25) is 5.91 Å². The summed E-state index contributed by atoms with van der Waals surface area (Å²) < 4.78 is 5.80. The molecule has 5 heteroatoms. The van der Waals surface area contributed by atoms with Crippen molar-refractivity contribution in [2.75, 3.05) is 0 Å². The van der Waals surface area contributed by atoms with Crippen molar-refractivity contribution >= 4 is 22.6 Å². The predicted molar refractivity (Wildman–Crippen MR) is 125 cm³/mol. The van der Waals surface area contributed by atoms with Gasteiger partial charge in [0.1, 0.15) is 18.4 Å². The minimum Gasteiger partial charge on any atom is -0.489 e. The lowest BCUT2D eigenvalue weighted by atomic mass is 10.0. The topological polar surface area (TPSA) is 81.4 Å². The van der Waals surface area contributed by atoms with Gasteiger partial charge < -0.3 is 15.8 Å². The van der Waals surface area contributed by atoms with Crippen molar-refractivity contribution in [3.05, 3.63) is 114 Å². The number of primary amides is 1. The lowest BCUT2D eigenvalue weighted by Gasteiger charge is -2.17. The van der Waals surface area contributed by atoms with E-state index in [0.29, 0.717) is 18.6 Å². The lowest BCUT2D eigenvalue weighted by molar-refractivity contribution is -0.119. The third-order valence-corrected chi connectivity index (χ3v) is 5.29. The largest absolute Gasteiger partial charge is 0.489 e. The molecule has 5 nitrogen and oxygen atoms in total. The van der Waals surface area contributed by atoms with Gasteiger partial charge in [-0.15, -0.1) is 0 Å². The Labute approximate surface area is 186 Å². The summed E-state index contributed by atoms with van der Waals surface area (Å²) in [5.41, 5.74) is 8.06. The molecule has 2 amide bonds. The molecule has 4 rings (SSSR count). The number of nitrogens with one attached hydrogen (secondary N) is 1. The average molecular weight is 425 g/mol. The van der Waals surface area contributed by atoms with E-state index in [1.54, 1.807) is 6.07 Å². The van der Waals surface area contributed by atoms with Gasteiger partial charge in [0, 0.05) is 12.0 Å². The van der Waals surface area contributed by atoms with Crippen LogP contribution in [0.1, 0.15) is 21.5 Å². The first kappa shape index (κ1) is 21.1. The Bertz CT molecular complexity index is 1220. The second-order valence-corrected chi connectivity index (χ2v) is 7.58. The quantitative estimate of drug-likeness (QED) is 0.444. The van der Waals surface area contributed by atoms with E-state index in [1.807, 2.05) is 91.0 Å². The van der Waals surface area contributed by atoms with Crippen LogP contribution in [-0.4, -0.2) is 17.9 Å². The molecule has 4 aromatic rings. The minimum atomic E-state index is -0.822. The van der Waals surface area contributed by atoms with Crippen LogP contribution in [-0.2, 0) is 17.8 Å². The highest BCUT2D eigenvalue weighted by Crippen LogP contribution is 2.19. The molecule has 0 radical (unpaired) electrons. The summed E-state index contributed by atoms with van der Waals surface area (Å²) in [4.78, 5) is 24.9. The number of carbonyl (C=O) groups is 2. The van der Waals surface area contributed by atoms with Gasteiger partial charge in [0.05, 0.1) is 0 Å². The van der Waals surface area contributed by atoms with E-state index in [2.05, 4.69) is 5.32 Å². The zero-order valence-corrected chi connectivity index (χ0v) is 17.5. The molecule has 4 aromatic carbocycles. The van der Waals surface area contributed by atoms with Crippen LogP contribution in [0.15, 0.2) is 97.1 Å². The van der Waals surface area contributed by atoms with E-state index in [9.17, 15) is 9.59 Å². The molecular weight excluding hydrogens is 400 g/mol. The molecule has 0 aliphatic rings. The van der Waals surface area contributed by atoms with E-state index in [0.717, 1.165) is 27.6 Å². The van der Waals surface area contributed by atoms with Gasteiger partial charge in [-0.2, -0.15) is 0 Å². The van der Waals surface area contributed by atoms with E-state index in [-0.39, 0.29) is 5.91 Å². The van der Waals surface area contributed by atoms with Crippen LogP contribution in [0, 0.1) is 0 Å². The van der Waals surface area contributed by atoms with Crippen LogP contribution < -0.4 is 15.8 Å². The number of nitrogens with two attached hydrogens (primary N) is 1. The van der Waals surface area contributed by atoms with Crippen molar-refractivity contribution < 1.29 is 14.3 Å². The zero-order valence-electron chi connectivity index (χ0n) is 17.5. The molecule has 0 aromatic heterocycles. The fraction of sp³-hybridized carbons (Fsp3) is 0.111. The fourth-order valence-electron chi connectivity index (χ4n) is 3.58. The van der Waals surface area contributed by atoms with Crippen molar-refractivity contribution in [2.45, 2.75) is 19.1 Å². The molecule has 32 heavy (non-hydrogen) atoms. The molecule has 0 aliphatic carbocycles. The van der Waals surface area contributed by atoms with Crippen LogP contribution in [0.4, 0.5) is 0 Å². The van der Waals surface area contributed by atoms with Gasteiger partial charge in [-0.3, -0.25) is 9.59 Å². The van der Waals surface area contributed by atoms with Gasteiger partial charge >= 0.3 is 0 Å². The second kappa shape index (κ2) is 9.79. The molecule has 1 atom stereocenters. The molecule has 0 saturated heterocycles. The Morgan fingerprint density at radius 1 is 0.781 bits per heavy atom. The number of carbonyl (C=O) groups excluding carboxylic acids is 2. The maximum atomic E-state index is 12.9. The summed E-state index contributed by atoms with van der Waals surface area (Å²) in [6.07, 6.45) is 0.296. The smallest absolute Gasteiger partial charge is 0.252 e. The van der Waals surface area contributed by atoms with Crippen molar-refractivity contribution in [1.29, 1.82) is 0 Å². The van der Waals surface area contributed by atoms with Crippen LogP contribution in [0.2, 0.25) is 0 Å². The Hall–Kier alpha value is -4.12. The molecule has 0 saturated carbocycles. The summed E-state index contributed by atoms with van der Waals surface area (Å²) in [5, 5.41) is 4.58. The molecule has 0 unspecified atom stereocenters. The number of rotatable bonds is 8. The highest BCUT2D eigenvalue weighted by atomic mass is 16.5. The van der Waals surface area contributed by atoms with E-state index in [1.165, 1.54) is 0 Å². The van der Waals surface area contributed by atoms with E-state index in [4.69, 9.17) is 10.5 Å². The van der Waals surface area contributed by atoms with Crippen molar-refractivity contribution in [3.63, 3.8) is 0 Å². The van der Waals surface area contributed by atoms with Gasteiger partial charge in [-0.05, 0) is 40.1 Å². The zero-order chi connectivity index (χ0) is 22.3. The summed E-state index contributed by atoms with van der Waals surface area (Å²) >= 11 is 0. The first-order valence-electron chi connectivity index (χ1n) is 10.4. The monoisotopic (exact) mass is 424 g/mol. The maximum Gasteiger partial charge on any atom is 0.252 e. The molecule has 0 aliphatic heterocycles. The fourth-order valence-corrected chi connectivity index (χ4v) is 3.58. The highest BCUT2D eigenvalue weighted by Gasteiger charge is 2.20. The van der Waals surface area contributed by atoms with Crippen LogP contribution >= 0.6 is 0 Å². The third-order valence-electron chi connectivity index (χ3n) is 5.29. The SMILES string of the molecule is NC(=O)[C@H](Cc1ccc(OCc2ccccc2)cc1)NC(=O)c1cccc2ccccc12.